The number of amides is 1. The first-order chi connectivity index (χ1) is 13.1. The highest BCUT2D eigenvalue weighted by atomic mass is 32.2. The zero-order chi connectivity index (χ0) is 20.8. The minimum atomic E-state index is -3.59. The molecule has 0 bridgehead atoms. The van der Waals surface area contributed by atoms with E-state index in [0.717, 1.165) is 25.3 Å². The molecule has 1 aromatic carbocycles. The summed E-state index contributed by atoms with van der Waals surface area (Å²) in [5.74, 6) is 0.623. The van der Waals surface area contributed by atoms with Gasteiger partial charge < -0.3 is 10.2 Å². The first-order valence-electron chi connectivity index (χ1n) is 10.2. The molecular formula is C21H35N3O3S. The van der Waals surface area contributed by atoms with E-state index >= 15 is 0 Å². The van der Waals surface area contributed by atoms with Crippen LogP contribution in [0.2, 0.25) is 0 Å². The molecular weight excluding hydrogens is 374 g/mol. The fourth-order valence-corrected chi connectivity index (χ4v) is 4.92. The molecule has 1 heterocycles. The lowest BCUT2D eigenvalue weighted by Crippen LogP contribution is -2.40. The molecule has 1 amide bonds. The summed E-state index contributed by atoms with van der Waals surface area (Å²) >= 11 is 0. The van der Waals surface area contributed by atoms with Crippen molar-refractivity contribution in [2.75, 3.05) is 26.2 Å². The van der Waals surface area contributed by atoms with E-state index in [1.54, 1.807) is 32.9 Å². The SMILES string of the molecule is CC1CCCN(CCCCNC(=O)c2ccc(S(=O)(=O)NC(C)(C)C)cc2)C1. The molecule has 1 atom stereocenters. The zero-order valence-electron chi connectivity index (χ0n) is 17.6. The van der Waals surface area contributed by atoms with Crippen LogP contribution in [0.4, 0.5) is 0 Å². The lowest BCUT2D eigenvalue weighted by molar-refractivity contribution is 0.0952. The molecule has 0 aliphatic carbocycles. The third kappa shape index (κ3) is 7.53. The fourth-order valence-electron chi connectivity index (χ4n) is 3.50. The van der Waals surface area contributed by atoms with Crippen molar-refractivity contribution in [2.24, 2.45) is 5.92 Å². The molecule has 1 aliphatic rings. The number of likely N-dealkylation sites (tertiary alicyclic amines) is 1. The van der Waals surface area contributed by atoms with Crippen LogP contribution >= 0.6 is 0 Å². The number of sulfonamides is 1. The molecule has 1 aliphatic heterocycles. The average molecular weight is 410 g/mol. The van der Waals surface area contributed by atoms with Crippen molar-refractivity contribution >= 4 is 15.9 Å². The Morgan fingerprint density at radius 3 is 2.46 bits per heavy atom. The highest BCUT2D eigenvalue weighted by Gasteiger charge is 2.22. The van der Waals surface area contributed by atoms with Crippen LogP contribution in [0.5, 0.6) is 0 Å². The summed E-state index contributed by atoms with van der Waals surface area (Å²) in [4.78, 5) is 14.9. The van der Waals surface area contributed by atoms with Gasteiger partial charge in [-0.25, -0.2) is 13.1 Å². The van der Waals surface area contributed by atoms with Gasteiger partial charge in [0.15, 0.2) is 0 Å². The molecule has 0 spiro atoms. The second-order valence-corrected chi connectivity index (χ2v) is 10.6. The first-order valence-corrected chi connectivity index (χ1v) is 11.7. The monoisotopic (exact) mass is 409 g/mol. The number of carbonyl (C=O) groups is 1. The predicted molar refractivity (Wildman–Crippen MR) is 113 cm³/mol. The van der Waals surface area contributed by atoms with Gasteiger partial charge >= 0.3 is 0 Å². The maximum atomic E-state index is 12.3. The maximum Gasteiger partial charge on any atom is 0.251 e. The molecule has 2 rings (SSSR count). The van der Waals surface area contributed by atoms with Gasteiger partial charge in [0.05, 0.1) is 4.90 Å². The standard InChI is InChI=1S/C21H35N3O3S/c1-17-8-7-15-24(16-17)14-6-5-13-22-20(25)18-9-11-19(12-10-18)28(26,27)23-21(2,3)4/h9-12,17,23H,5-8,13-16H2,1-4H3,(H,22,25). The van der Waals surface area contributed by atoms with E-state index in [1.165, 1.54) is 38.1 Å². The largest absolute Gasteiger partial charge is 0.352 e. The Hall–Kier alpha value is -1.44. The van der Waals surface area contributed by atoms with Gasteiger partial charge in [-0.2, -0.15) is 0 Å². The molecule has 7 heteroatoms. The number of nitrogens with zero attached hydrogens (tertiary/aromatic N) is 1. The molecule has 1 fully saturated rings. The lowest BCUT2D eigenvalue weighted by Gasteiger charge is -2.30. The van der Waals surface area contributed by atoms with Crippen molar-refractivity contribution in [1.82, 2.24) is 14.9 Å². The van der Waals surface area contributed by atoms with Crippen LogP contribution in [0.25, 0.3) is 0 Å². The molecule has 158 valence electrons. The van der Waals surface area contributed by atoms with Crippen LogP contribution in [0, 0.1) is 5.92 Å². The number of rotatable bonds is 8. The molecule has 1 aromatic rings. The topological polar surface area (TPSA) is 78.5 Å². The minimum Gasteiger partial charge on any atom is -0.352 e. The van der Waals surface area contributed by atoms with E-state index in [-0.39, 0.29) is 10.8 Å². The number of unbranched alkanes of at least 4 members (excludes halogenated alkanes) is 1. The fraction of sp³-hybridized carbons (Fsp3) is 0.667. The summed E-state index contributed by atoms with van der Waals surface area (Å²) in [5, 5.41) is 2.92. The first kappa shape index (κ1) is 22.8. The zero-order valence-corrected chi connectivity index (χ0v) is 18.4. The molecule has 28 heavy (non-hydrogen) atoms. The summed E-state index contributed by atoms with van der Waals surface area (Å²) in [6, 6.07) is 6.06. The summed E-state index contributed by atoms with van der Waals surface area (Å²) in [6.45, 7) is 11.8. The van der Waals surface area contributed by atoms with Crippen molar-refractivity contribution in [3.05, 3.63) is 29.8 Å². The third-order valence-electron chi connectivity index (χ3n) is 4.80. The van der Waals surface area contributed by atoms with Gasteiger partial charge in [-0.3, -0.25) is 4.79 Å². The second kappa shape index (κ2) is 9.85. The van der Waals surface area contributed by atoms with Gasteiger partial charge in [0.1, 0.15) is 0 Å². The van der Waals surface area contributed by atoms with E-state index in [2.05, 4.69) is 21.9 Å². The summed E-state index contributed by atoms with van der Waals surface area (Å²) in [6.07, 6.45) is 4.63. The molecule has 2 N–H and O–H groups in total. The van der Waals surface area contributed by atoms with E-state index in [1.807, 2.05) is 0 Å². The van der Waals surface area contributed by atoms with Crippen LogP contribution in [0.15, 0.2) is 29.2 Å². The Bertz CT molecular complexity index is 739. The van der Waals surface area contributed by atoms with Crippen molar-refractivity contribution in [2.45, 2.75) is 63.8 Å². The normalized spacial score (nSPS) is 18.8. The number of hydrogen-bond donors (Lipinski definition) is 2. The predicted octanol–water partition coefficient (Wildman–Crippen LogP) is 3.01. The molecule has 0 saturated carbocycles. The van der Waals surface area contributed by atoms with E-state index in [9.17, 15) is 13.2 Å². The van der Waals surface area contributed by atoms with Crippen LogP contribution in [0.3, 0.4) is 0 Å². The third-order valence-corrected chi connectivity index (χ3v) is 6.57. The number of carbonyl (C=O) groups excluding carboxylic acids is 1. The van der Waals surface area contributed by atoms with Crippen LogP contribution in [-0.4, -0.2) is 50.9 Å². The van der Waals surface area contributed by atoms with E-state index in [0.29, 0.717) is 12.1 Å². The lowest BCUT2D eigenvalue weighted by atomic mass is 10.0. The Kier molecular flexibility index (Phi) is 8.04. The molecule has 1 saturated heterocycles. The Morgan fingerprint density at radius 1 is 1.18 bits per heavy atom. The number of nitrogens with one attached hydrogen (secondary N) is 2. The molecule has 6 nitrogen and oxygen atoms in total. The Morgan fingerprint density at radius 2 is 1.86 bits per heavy atom. The highest BCUT2D eigenvalue weighted by Crippen LogP contribution is 2.16. The van der Waals surface area contributed by atoms with Crippen molar-refractivity contribution in [3.8, 4) is 0 Å². The number of benzene rings is 1. The molecule has 0 aromatic heterocycles. The molecule has 0 radical (unpaired) electrons. The quantitative estimate of drug-likeness (QED) is 0.647. The smallest absolute Gasteiger partial charge is 0.251 e. The highest BCUT2D eigenvalue weighted by molar-refractivity contribution is 7.89. The van der Waals surface area contributed by atoms with Gasteiger partial charge in [0.25, 0.3) is 5.91 Å². The van der Waals surface area contributed by atoms with Crippen molar-refractivity contribution in [3.63, 3.8) is 0 Å². The van der Waals surface area contributed by atoms with Gasteiger partial charge in [0.2, 0.25) is 10.0 Å². The maximum absolute atomic E-state index is 12.3. The van der Waals surface area contributed by atoms with E-state index in [4.69, 9.17) is 0 Å². The second-order valence-electron chi connectivity index (χ2n) is 8.89. The Labute approximate surface area is 170 Å². The number of piperidine rings is 1. The average Bonchev–Trinajstić information content (AvgIpc) is 2.59. The van der Waals surface area contributed by atoms with Crippen molar-refractivity contribution in [1.29, 1.82) is 0 Å². The number of hydrogen-bond acceptors (Lipinski definition) is 4. The summed E-state index contributed by atoms with van der Waals surface area (Å²) in [7, 11) is -3.59. The van der Waals surface area contributed by atoms with Gasteiger partial charge in [-0.05, 0) is 89.7 Å². The molecule has 1 unspecified atom stereocenters. The van der Waals surface area contributed by atoms with Gasteiger partial charge in [-0.15, -0.1) is 0 Å². The van der Waals surface area contributed by atoms with E-state index < -0.39 is 15.6 Å². The van der Waals surface area contributed by atoms with Crippen LogP contribution < -0.4 is 10.0 Å². The summed E-state index contributed by atoms with van der Waals surface area (Å²) in [5.41, 5.74) is -0.0826. The van der Waals surface area contributed by atoms with Crippen LogP contribution in [-0.2, 0) is 10.0 Å². The van der Waals surface area contributed by atoms with Crippen LogP contribution in [0.1, 0.15) is 63.7 Å². The van der Waals surface area contributed by atoms with Gasteiger partial charge in [-0.1, -0.05) is 6.92 Å². The minimum absolute atomic E-state index is 0.162. The summed E-state index contributed by atoms with van der Waals surface area (Å²) < 4.78 is 27.2. The van der Waals surface area contributed by atoms with Gasteiger partial charge in [0, 0.05) is 24.2 Å². The van der Waals surface area contributed by atoms with Crippen molar-refractivity contribution < 1.29 is 13.2 Å². The Balaban J connectivity index is 1.75.